The van der Waals surface area contributed by atoms with Crippen LogP contribution in [0.25, 0.3) is 0 Å². The highest BCUT2D eigenvalue weighted by Gasteiger charge is 2.22. The quantitative estimate of drug-likeness (QED) is 0.890. The number of piperidine rings is 1. The maximum absolute atomic E-state index is 12.4. The van der Waals surface area contributed by atoms with Gasteiger partial charge in [-0.15, -0.1) is 5.10 Å². The minimum atomic E-state index is 0.0732. The SMILES string of the molecule is CCCc1nnsc1C(=O)N(C)CC1CCCNC1. The van der Waals surface area contributed by atoms with Crippen molar-refractivity contribution in [3.8, 4) is 0 Å². The van der Waals surface area contributed by atoms with E-state index in [4.69, 9.17) is 0 Å². The van der Waals surface area contributed by atoms with Crippen molar-refractivity contribution >= 4 is 17.4 Å². The van der Waals surface area contributed by atoms with Crippen molar-refractivity contribution in [1.82, 2.24) is 19.8 Å². The molecule has 1 unspecified atom stereocenters. The van der Waals surface area contributed by atoms with Gasteiger partial charge in [0.15, 0.2) is 0 Å². The lowest BCUT2D eigenvalue weighted by atomic mass is 9.99. The van der Waals surface area contributed by atoms with Crippen LogP contribution in [0.2, 0.25) is 0 Å². The second-order valence-corrected chi connectivity index (χ2v) is 5.95. The first kappa shape index (κ1) is 14.4. The normalized spacial score (nSPS) is 19.4. The van der Waals surface area contributed by atoms with Crippen LogP contribution >= 0.6 is 11.5 Å². The average molecular weight is 282 g/mol. The van der Waals surface area contributed by atoms with Gasteiger partial charge < -0.3 is 10.2 Å². The van der Waals surface area contributed by atoms with Crippen LogP contribution in [0.15, 0.2) is 0 Å². The lowest BCUT2D eigenvalue weighted by molar-refractivity contribution is 0.0768. The molecular weight excluding hydrogens is 260 g/mol. The number of carbonyl (C=O) groups is 1. The molecule has 1 saturated heterocycles. The van der Waals surface area contributed by atoms with E-state index < -0.39 is 0 Å². The minimum absolute atomic E-state index is 0.0732. The van der Waals surface area contributed by atoms with Crippen molar-refractivity contribution in [3.63, 3.8) is 0 Å². The van der Waals surface area contributed by atoms with Gasteiger partial charge in [-0.2, -0.15) is 0 Å². The molecule has 1 N–H and O–H groups in total. The van der Waals surface area contributed by atoms with Crippen LogP contribution in [0.5, 0.6) is 0 Å². The Kier molecular flexibility index (Phi) is 5.27. The summed E-state index contributed by atoms with van der Waals surface area (Å²) in [6, 6.07) is 0. The molecule has 1 atom stereocenters. The summed E-state index contributed by atoms with van der Waals surface area (Å²) >= 11 is 1.22. The van der Waals surface area contributed by atoms with Gasteiger partial charge in [-0.3, -0.25) is 4.79 Å². The molecule has 1 aromatic rings. The summed E-state index contributed by atoms with van der Waals surface area (Å²) < 4.78 is 3.92. The highest BCUT2D eigenvalue weighted by Crippen LogP contribution is 2.17. The molecule has 1 aromatic heterocycles. The van der Waals surface area contributed by atoms with Crippen molar-refractivity contribution in [2.75, 3.05) is 26.7 Å². The van der Waals surface area contributed by atoms with Crippen molar-refractivity contribution in [1.29, 1.82) is 0 Å². The van der Waals surface area contributed by atoms with E-state index in [2.05, 4.69) is 21.8 Å². The molecule has 0 spiro atoms. The predicted molar refractivity (Wildman–Crippen MR) is 76.5 cm³/mol. The van der Waals surface area contributed by atoms with Gasteiger partial charge in [0.2, 0.25) is 0 Å². The highest BCUT2D eigenvalue weighted by molar-refractivity contribution is 7.07. The molecule has 1 aliphatic rings. The first-order chi connectivity index (χ1) is 9.22. The molecule has 2 rings (SSSR count). The Morgan fingerprint density at radius 1 is 1.58 bits per heavy atom. The molecule has 0 aliphatic carbocycles. The Morgan fingerprint density at radius 2 is 2.42 bits per heavy atom. The molecule has 1 aliphatic heterocycles. The first-order valence-corrected chi connectivity index (χ1v) is 7.77. The summed E-state index contributed by atoms with van der Waals surface area (Å²) in [5, 5.41) is 7.45. The van der Waals surface area contributed by atoms with Gasteiger partial charge in [-0.05, 0) is 49.8 Å². The van der Waals surface area contributed by atoms with E-state index in [1.54, 1.807) is 0 Å². The molecule has 1 amide bonds. The van der Waals surface area contributed by atoms with Crippen LogP contribution in [0.3, 0.4) is 0 Å². The van der Waals surface area contributed by atoms with E-state index in [-0.39, 0.29) is 5.91 Å². The molecular formula is C13H22N4OS. The molecule has 106 valence electrons. The number of hydrogen-bond acceptors (Lipinski definition) is 5. The number of amides is 1. The zero-order valence-electron chi connectivity index (χ0n) is 11.7. The molecule has 6 heteroatoms. The molecule has 2 heterocycles. The number of aromatic nitrogens is 2. The summed E-state index contributed by atoms with van der Waals surface area (Å²) in [5.41, 5.74) is 0.853. The van der Waals surface area contributed by atoms with Crippen molar-refractivity contribution in [2.24, 2.45) is 5.92 Å². The van der Waals surface area contributed by atoms with Crippen LogP contribution in [-0.2, 0) is 6.42 Å². The van der Waals surface area contributed by atoms with Gasteiger partial charge in [-0.1, -0.05) is 17.8 Å². The van der Waals surface area contributed by atoms with Crippen molar-refractivity contribution in [2.45, 2.75) is 32.6 Å². The number of aryl methyl sites for hydroxylation is 1. The second kappa shape index (κ2) is 6.96. The van der Waals surface area contributed by atoms with Gasteiger partial charge in [0.25, 0.3) is 5.91 Å². The summed E-state index contributed by atoms with van der Waals surface area (Å²) in [6.45, 7) is 5.02. The maximum atomic E-state index is 12.4. The number of nitrogens with one attached hydrogen (secondary N) is 1. The summed E-state index contributed by atoms with van der Waals surface area (Å²) in [5.74, 6) is 0.641. The Labute approximate surface area is 118 Å². The fraction of sp³-hybridized carbons (Fsp3) is 0.769. The number of hydrogen-bond donors (Lipinski definition) is 1. The third-order valence-corrected chi connectivity index (χ3v) is 4.27. The van der Waals surface area contributed by atoms with E-state index in [9.17, 15) is 4.79 Å². The number of nitrogens with zero attached hydrogens (tertiary/aromatic N) is 3. The van der Waals surface area contributed by atoms with Crippen LogP contribution in [-0.4, -0.2) is 47.1 Å². The third-order valence-electron chi connectivity index (χ3n) is 3.51. The lowest BCUT2D eigenvalue weighted by Gasteiger charge is -2.27. The fourth-order valence-electron chi connectivity index (χ4n) is 2.49. The van der Waals surface area contributed by atoms with Crippen molar-refractivity contribution in [3.05, 3.63) is 10.6 Å². The van der Waals surface area contributed by atoms with Gasteiger partial charge in [0.05, 0.1) is 5.69 Å². The molecule has 0 bridgehead atoms. The van der Waals surface area contributed by atoms with E-state index in [1.807, 2.05) is 11.9 Å². The van der Waals surface area contributed by atoms with Crippen LogP contribution in [0.4, 0.5) is 0 Å². The topological polar surface area (TPSA) is 58.1 Å². The summed E-state index contributed by atoms with van der Waals surface area (Å²) in [6.07, 6.45) is 4.22. The standard InChI is InChI=1S/C13H22N4OS/c1-3-5-11-12(19-16-15-11)13(18)17(2)9-10-6-4-7-14-8-10/h10,14H,3-9H2,1-2H3. The van der Waals surface area contributed by atoms with Crippen LogP contribution < -0.4 is 5.32 Å². The van der Waals surface area contributed by atoms with E-state index in [0.29, 0.717) is 10.8 Å². The molecule has 19 heavy (non-hydrogen) atoms. The zero-order valence-corrected chi connectivity index (χ0v) is 12.5. The smallest absolute Gasteiger partial charge is 0.267 e. The molecule has 0 saturated carbocycles. The van der Waals surface area contributed by atoms with Gasteiger partial charge in [-0.25, -0.2) is 0 Å². The number of rotatable bonds is 5. The molecule has 1 fully saturated rings. The summed E-state index contributed by atoms with van der Waals surface area (Å²) in [7, 11) is 1.88. The Hall–Kier alpha value is -1.01. The van der Waals surface area contributed by atoms with Crippen molar-refractivity contribution < 1.29 is 4.79 Å². The zero-order chi connectivity index (χ0) is 13.7. The van der Waals surface area contributed by atoms with Gasteiger partial charge in [0, 0.05) is 13.6 Å². The number of carbonyl (C=O) groups excluding carboxylic acids is 1. The monoisotopic (exact) mass is 282 g/mol. The Bertz CT molecular complexity index is 415. The third kappa shape index (κ3) is 3.73. The van der Waals surface area contributed by atoms with E-state index >= 15 is 0 Å². The highest BCUT2D eigenvalue weighted by atomic mass is 32.1. The Balaban J connectivity index is 1.95. The molecule has 0 aromatic carbocycles. The minimum Gasteiger partial charge on any atom is -0.341 e. The second-order valence-electron chi connectivity index (χ2n) is 5.20. The predicted octanol–water partition coefficient (Wildman–Crippen LogP) is 1.56. The maximum Gasteiger partial charge on any atom is 0.267 e. The Morgan fingerprint density at radius 3 is 3.11 bits per heavy atom. The van der Waals surface area contributed by atoms with E-state index in [1.165, 1.54) is 24.4 Å². The molecule has 0 radical (unpaired) electrons. The van der Waals surface area contributed by atoms with Gasteiger partial charge >= 0.3 is 0 Å². The lowest BCUT2D eigenvalue weighted by Crippen LogP contribution is -2.39. The van der Waals surface area contributed by atoms with E-state index in [0.717, 1.165) is 38.2 Å². The van der Waals surface area contributed by atoms with Crippen LogP contribution in [0.1, 0.15) is 41.6 Å². The van der Waals surface area contributed by atoms with Crippen LogP contribution in [0, 0.1) is 5.92 Å². The van der Waals surface area contributed by atoms with Gasteiger partial charge in [0.1, 0.15) is 4.88 Å². The summed E-state index contributed by atoms with van der Waals surface area (Å²) in [4.78, 5) is 15.0. The average Bonchev–Trinajstić information content (AvgIpc) is 2.87. The first-order valence-electron chi connectivity index (χ1n) is 6.99. The molecule has 5 nitrogen and oxygen atoms in total. The largest absolute Gasteiger partial charge is 0.341 e. The fourth-order valence-corrected chi connectivity index (χ4v) is 3.20.